The third-order valence-electron chi connectivity index (χ3n) is 11.2. The summed E-state index contributed by atoms with van der Waals surface area (Å²) in [7, 11) is 0. The maximum atomic E-state index is 2.49. The Labute approximate surface area is 310 Å². The molecule has 0 radical (unpaired) electrons. The lowest BCUT2D eigenvalue weighted by molar-refractivity contribution is 0.661. The Hall–Kier alpha value is -5.74. The summed E-state index contributed by atoms with van der Waals surface area (Å²) in [6, 6.07) is 61.0. The topological polar surface area (TPSA) is 3.24 Å². The molecule has 0 saturated carbocycles. The minimum atomic E-state index is -0.152. The summed E-state index contributed by atoms with van der Waals surface area (Å²) >= 11 is 3.79. The normalized spacial score (nSPS) is 13.3. The van der Waals surface area contributed by atoms with Crippen LogP contribution in [0.5, 0.6) is 0 Å². The average molecular weight is 700 g/mol. The smallest absolute Gasteiger partial charge is 0.0508 e. The highest BCUT2D eigenvalue weighted by Gasteiger charge is 2.38. The van der Waals surface area contributed by atoms with Crippen LogP contribution in [-0.2, 0) is 5.41 Å². The van der Waals surface area contributed by atoms with E-state index in [0.717, 1.165) is 5.69 Å². The van der Waals surface area contributed by atoms with E-state index in [9.17, 15) is 0 Å². The van der Waals surface area contributed by atoms with Crippen molar-refractivity contribution < 1.29 is 0 Å². The van der Waals surface area contributed by atoms with E-state index < -0.39 is 0 Å². The Kier molecular flexibility index (Phi) is 6.41. The third kappa shape index (κ3) is 4.27. The number of anilines is 3. The molecule has 10 aromatic rings. The van der Waals surface area contributed by atoms with E-state index in [0.29, 0.717) is 0 Å². The molecular formula is C49H33NS2. The van der Waals surface area contributed by atoms with Crippen LogP contribution in [0, 0.1) is 0 Å². The van der Waals surface area contributed by atoms with E-state index in [1.165, 1.54) is 95.9 Å². The van der Waals surface area contributed by atoms with Crippen LogP contribution in [0.25, 0.3) is 73.4 Å². The van der Waals surface area contributed by atoms with E-state index in [2.05, 4.69) is 183 Å². The average Bonchev–Trinajstić information content (AvgIpc) is 3.83. The van der Waals surface area contributed by atoms with Gasteiger partial charge in [-0.1, -0.05) is 135 Å². The summed E-state index contributed by atoms with van der Waals surface area (Å²) in [5, 5.41) is 7.90. The van der Waals surface area contributed by atoms with Gasteiger partial charge in [-0.15, -0.1) is 22.7 Å². The molecule has 0 fully saturated rings. The van der Waals surface area contributed by atoms with Gasteiger partial charge in [-0.2, -0.15) is 0 Å². The number of hydrogen-bond donors (Lipinski definition) is 0. The number of nitrogens with zero attached hydrogens (tertiary/aromatic N) is 1. The van der Waals surface area contributed by atoms with Crippen molar-refractivity contribution >= 4 is 90.9 Å². The molecule has 0 saturated heterocycles. The molecule has 0 spiro atoms. The third-order valence-corrected chi connectivity index (χ3v) is 13.7. The molecule has 0 atom stereocenters. The number of fused-ring (bicyclic) bond motifs is 11. The van der Waals surface area contributed by atoms with Crippen LogP contribution in [0.4, 0.5) is 17.1 Å². The minimum Gasteiger partial charge on any atom is -0.310 e. The highest BCUT2D eigenvalue weighted by atomic mass is 32.1. The van der Waals surface area contributed by atoms with E-state index in [1.807, 2.05) is 22.7 Å². The van der Waals surface area contributed by atoms with E-state index >= 15 is 0 Å². The van der Waals surface area contributed by atoms with Crippen molar-refractivity contribution in [1.82, 2.24) is 0 Å². The molecule has 0 amide bonds. The second-order valence-corrected chi connectivity index (χ2v) is 16.6. The van der Waals surface area contributed by atoms with Gasteiger partial charge in [0, 0.05) is 57.1 Å². The summed E-state index contributed by atoms with van der Waals surface area (Å²) in [6.07, 6.45) is 0. The van der Waals surface area contributed by atoms with Crippen molar-refractivity contribution in [3.63, 3.8) is 0 Å². The molecule has 2 aromatic heterocycles. The number of benzene rings is 8. The summed E-state index contributed by atoms with van der Waals surface area (Å²) in [5.41, 5.74) is 11.3. The van der Waals surface area contributed by atoms with Gasteiger partial charge in [0.15, 0.2) is 0 Å². The zero-order valence-corrected chi connectivity index (χ0v) is 30.5. The number of hydrogen-bond acceptors (Lipinski definition) is 3. The minimum absolute atomic E-state index is 0.152. The summed E-state index contributed by atoms with van der Waals surface area (Å²) in [4.78, 5) is 2.49. The van der Waals surface area contributed by atoms with Crippen LogP contribution in [-0.4, -0.2) is 0 Å². The standard InChI is InChI=1S/C49H33NS2/c1-49(2)42-18-7-5-13-36(42)38-16-10-19-43(46(38)49)50(33-26-28-45-41(29-33)37-14-6-8-20-44(37)51-45)32-24-21-31(22-25-32)35-15-9-17-39-40-27-23-30-11-3-4-12-34(30)48(40)52-47(35)39/h3-29H,1-2H3. The Bertz CT molecular complexity index is 3050. The molecule has 1 aliphatic carbocycles. The van der Waals surface area contributed by atoms with Crippen LogP contribution in [0.1, 0.15) is 25.0 Å². The first-order valence-electron chi connectivity index (χ1n) is 17.9. The van der Waals surface area contributed by atoms with Gasteiger partial charge in [0.25, 0.3) is 0 Å². The SMILES string of the molecule is CC1(C)c2ccccc2-c2cccc(N(c3ccc(-c4cccc5c4sc4c6ccccc6ccc54)cc3)c3ccc4sc5ccccc5c4c3)c21. The Balaban J connectivity index is 1.11. The largest absolute Gasteiger partial charge is 0.310 e. The summed E-state index contributed by atoms with van der Waals surface area (Å²) in [6.45, 7) is 4.76. The molecule has 0 N–H and O–H groups in total. The van der Waals surface area contributed by atoms with E-state index in [4.69, 9.17) is 0 Å². The van der Waals surface area contributed by atoms with Crippen molar-refractivity contribution in [2.24, 2.45) is 0 Å². The quantitative estimate of drug-likeness (QED) is 0.177. The lowest BCUT2D eigenvalue weighted by Gasteiger charge is -2.32. The van der Waals surface area contributed by atoms with Crippen molar-refractivity contribution in [2.45, 2.75) is 19.3 Å². The Morgan fingerprint density at radius 3 is 2.02 bits per heavy atom. The molecule has 0 bridgehead atoms. The molecule has 0 unspecified atom stereocenters. The second kappa shape index (κ2) is 11.1. The van der Waals surface area contributed by atoms with Crippen LogP contribution in [0.2, 0.25) is 0 Å². The fourth-order valence-corrected chi connectivity index (χ4v) is 11.3. The fourth-order valence-electron chi connectivity index (χ4n) is 8.83. The molecule has 1 nitrogen and oxygen atoms in total. The van der Waals surface area contributed by atoms with Crippen molar-refractivity contribution in [1.29, 1.82) is 0 Å². The van der Waals surface area contributed by atoms with Gasteiger partial charge in [-0.3, -0.25) is 0 Å². The van der Waals surface area contributed by atoms with Crippen LogP contribution in [0.15, 0.2) is 164 Å². The highest BCUT2D eigenvalue weighted by molar-refractivity contribution is 7.27. The molecular weight excluding hydrogens is 667 g/mol. The monoisotopic (exact) mass is 699 g/mol. The second-order valence-electron chi connectivity index (χ2n) is 14.5. The molecule has 1 aliphatic rings. The molecule has 246 valence electrons. The fraction of sp³-hybridized carbons (Fsp3) is 0.0612. The van der Waals surface area contributed by atoms with Gasteiger partial charge in [0.05, 0.1) is 5.69 Å². The van der Waals surface area contributed by atoms with Gasteiger partial charge in [0.2, 0.25) is 0 Å². The summed E-state index contributed by atoms with van der Waals surface area (Å²) in [5.74, 6) is 0. The zero-order chi connectivity index (χ0) is 34.6. The van der Waals surface area contributed by atoms with Crippen molar-refractivity contribution in [3.8, 4) is 22.3 Å². The van der Waals surface area contributed by atoms with Gasteiger partial charge in [-0.05, 0) is 86.6 Å². The van der Waals surface area contributed by atoms with Crippen molar-refractivity contribution in [3.05, 3.63) is 175 Å². The molecule has 2 heterocycles. The zero-order valence-electron chi connectivity index (χ0n) is 28.9. The lowest BCUT2D eigenvalue weighted by atomic mass is 9.81. The van der Waals surface area contributed by atoms with Gasteiger partial charge >= 0.3 is 0 Å². The number of thiophene rings is 2. The maximum Gasteiger partial charge on any atom is 0.0508 e. The molecule has 52 heavy (non-hydrogen) atoms. The molecule has 0 aliphatic heterocycles. The molecule has 11 rings (SSSR count). The Morgan fingerprint density at radius 1 is 0.442 bits per heavy atom. The summed E-state index contributed by atoms with van der Waals surface area (Å²) < 4.78 is 5.34. The van der Waals surface area contributed by atoms with Gasteiger partial charge in [0.1, 0.15) is 0 Å². The first-order chi connectivity index (χ1) is 25.5. The van der Waals surface area contributed by atoms with E-state index in [-0.39, 0.29) is 5.41 Å². The first kappa shape index (κ1) is 29.9. The lowest BCUT2D eigenvalue weighted by Crippen LogP contribution is -2.20. The van der Waals surface area contributed by atoms with E-state index in [1.54, 1.807) is 0 Å². The van der Waals surface area contributed by atoms with Crippen LogP contribution < -0.4 is 4.90 Å². The predicted octanol–water partition coefficient (Wildman–Crippen LogP) is 15.0. The molecule has 8 aromatic carbocycles. The van der Waals surface area contributed by atoms with Crippen molar-refractivity contribution in [2.75, 3.05) is 4.90 Å². The Morgan fingerprint density at radius 2 is 1.12 bits per heavy atom. The van der Waals surface area contributed by atoms with Crippen LogP contribution in [0.3, 0.4) is 0 Å². The molecule has 3 heteroatoms. The first-order valence-corrected chi connectivity index (χ1v) is 19.6. The van der Waals surface area contributed by atoms with Gasteiger partial charge in [-0.25, -0.2) is 0 Å². The van der Waals surface area contributed by atoms with Crippen LogP contribution >= 0.6 is 22.7 Å². The maximum absolute atomic E-state index is 2.49. The highest BCUT2D eigenvalue weighted by Crippen LogP contribution is 2.54. The van der Waals surface area contributed by atoms with Gasteiger partial charge < -0.3 is 4.90 Å². The predicted molar refractivity (Wildman–Crippen MR) is 227 cm³/mol. The number of rotatable bonds is 4.